The van der Waals surface area contributed by atoms with E-state index in [1.165, 1.54) is 7.11 Å². The Morgan fingerprint density at radius 2 is 2.35 bits per heavy atom. The summed E-state index contributed by atoms with van der Waals surface area (Å²) in [7, 11) is 1.48. The van der Waals surface area contributed by atoms with Crippen molar-refractivity contribution >= 4 is 30.1 Å². The van der Waals surface area contributed by atoms with Gasteiger partial charge in [0.1, 0.15) is 0 Å². The third kappa shape index (κ3) is 4.55. The fourth-order valence-electron chi connectivity index (χ4n) is 1.24. The summed E-state index contributed by atoms with van der Waals surface area (Å²) >= 11 is 10.0. The average Bonchev–Trinajstić information content (AvgIpc) is 2.29. The number of hydrogen-bond donors (Lipinski definition) is 3. The van der Waals surface area contributed by atoms with E-state index >= 15 is 0 Å². The van der Waals surface area contributed by atoms with Crippen molar-refractivity contribution in [1.82, 2.24) is 5.32 Å². The number of halogens is 1. The van der Waals surface area contributed by atoms with Gasteiger partial charge in [-0.3, -0.25) is 4.79 Å². The van der Waals surface area contributed by atoms with E-state index in [0.29, 0.717) is 15.5 Å². The summed E-state index contributed by atoms with van der Waals surface area (Å²) in [4.78, 5) is 12.4. The van der Waals surface area contributed by atoms with Crippen LogP contribution in [0.15, 0.2) is 23.1 Å². The number of aliphatic hydroxyl groups is 1. The molecule has 1 atom stereocenters. The molecule has 1 rings (SSSR count). The van der Waals surface area contributed by atoms with Crippen LogP contribution in [-0.4, -0.2) is 37.4 Å². The first-order valence-electron chi connectivity index (χ1n) is 4.98. The summed E-state index contributed by atoms with van der Waals surface area (Å²) in [5, 5.41) is 12.3. The SMILES string of the molecule is COCC(O)CNC(=O)c1cc(S)ccc1Cl. The lowest BCUT2D eigenvalue weighted by atomic mass is 10.2. The Kier molecular flexibility index (Phi) is 5.77. The van der Waals surface area contributed by atoms with Gasteiger partial charge in [0.15, 0.2) is 0 Å². The first kappa shape index (κ1) is 14.3. The monoisotopic (exact) mass is 275 g/mol. The lowest BCUT2D eigenvalue weighted by Gasteiger charge is -2.11. The van der Waals surface area contributed by atoms with Crippen molar-refractivity contribution in [3.63, 3.8) is 0 Å². The quantitative estimate of drug-likeness (QED) is 0.712. The second kappa shape index (κ2) is 6.86. The molecule has 0 fully saturated rings. The minimum Gasteiger partial charge on any atom is -0.389 e. The van der Waals surface area contributed by atoms with E-state index in [1.807, 2.05) is 0 Å². The first-order valence-corrected chi connectivity index (χ1v) is 5.81. The molecule has 4 nitrogen and oxygen atoms in total. The van der Waals surface area contributed by atoms with Crippen LogP contribution in [0.2, 0.25) is 5.02 Å². The summed E-state index contributed by atoms with van der Waals surface area (Å²) in [6.45, 7) is 0.278. The van der Waals surface area contributed by atoms with E-state index in [9.17, 15) is 9.90 Å². The molecule has 0 aliphatic carbocycles. The summed E-state index contributed by atoms with van der Waals surface area (Å²) < 4.78 is 4.74. The molecule has 0 saturated heterocycles. The molecule has 1 amide bonds. The highest BCUT2D eigenvalue weighted by atomic mass is 35.5. The van der Waals surface area contributed by atoms with Crippen LogP contribution >= 0.6 is 24.2 Å². The second-order valence-electron chi connectivity index (χ2n) is 3.48. The zero-order valence-corrected chi connectivity index (χ0v) is 11.0. The fraction of sp³-hybridized carbons (Fsp3) is 0.364. The van der Waals surface area contributed by atoms with Crippen LogP contribution in [0.1, 0.15) is 10.4 Å². The fourth-order valence-corrected chi connectivity index (χ4v) is 1.65. The number of ether oxygens (including phenoxy) is 1. The molecule has 0 spiro atoms. The van der Waals surface area contributed by atoms with Gasteiger partial charge in [0.05, 0.1) is 23.3 Å². The van der Waals surface area contributed by atoms with Crippen LogP contribution in [-0.2, 0) is 4.74 Å². The number of carbonyl (C=O) groups is 1. The zero-order valence-electron chi connectivity index (χ0n) is 9.31. The van der Waals surface area contributed by atoms with Gasteiger partial charge in [-0.1, -0.05) is 11.6 Å². The summed E-state index contributed by atoms with van der Waals surface area (Å²) in [6, 6.07) is 4.87. The van der Waals surface area contributed by atoms with Gasteiger partial charge in [-0.25, -0.2) is 0 Å². The Labute approximate surface area is 110 Å². The van der Waals surface area contributed by atoms with Gasteiger partial charge in [0.2, 0.25) is 0 Å². The number of benzene rings is 1. The summed E-state index contributed by atoms with van der Waals surface area (Å²) in [5.74, 6) is -0.346. The molecule has 1 aromatic carbocycles. The smallest absolute Gasteiger partial charge is 0.252 e. The van der Waals surface area contributed by atoms with E-state index in [0.717, 1.165) is 0 Å². The van der Waals surface area contributed by atoms with Gasteiger partial charge in [-0.2, -0.15) is 0 Å². The van der Waals surface area contributed by atoms with Crippen molar-refractivity contribution in [2.75, 3.05) is 20.3 Å². The predicted molar refractivity (Wildman–Crippen MR) is 68.9 cm³/mol. The van der Waals surface area contributed by atoms with Crippen molar-refractivity contribution in [3.8, 4) is 0 Å². The Hall–Kier alpha value is -0.750. The van der Waals surface area contributed by atoms with Gasteiger partial charge >= 0.3 is 0 Å². The molecule has 1 unspecified atom stereocenters. The number of thiol groups is 1. The number of aliphatic hydroxyl groups excluding tert-OH is 1. The van der Waals surface area contributed by atoms with Gasteiger partial charge in [-0.15, -0.1) is 12.6 Å². The van der Waals surface area contributed by atoms with Gasteiger partial charge < -0.3 is 15.2 Å². The Bertz CT molecular complexity index is 400. The molecular weight excluding hydrogens is 262 g/mol. The molecule has 2 N–H and O–H groups in total. The van der Waals surface area contributed by atoms with Crippen molar-refractivity contribution in [2.24, 2.45) is 0 Å². The summed E-state index contributed by atoms with van der Waals surface area (Å²) in [5.41, 5.74) is 0.337. The third-order valence-corrected chi connectivity index (χ3v) is 2.66. The van der Waals surface area contributed by atoms with E-state index in [4.69, 9.17) is 16.3 Å². The summed E-state index contributed by atoms with van der Waals surface area (Å²) in [6.07, 6.45) is -0.734. The average molecular weight is 276 g/mol. The molecule has 0 aromatic heterocycles. The molecule has 0 aliphatic heterocycles. The van der Waals surface area contributed by atoms with Crippen molar-refractivity contribution in [1.29, 1.82) is 0 Å². The highest BCUT2D eigenvalue weighted by Crippen LogP contribution is 2.19. The minimum atomic E-state index is -0.734. The van der Waals surface area contributed by atoms with Crippen LogP contribution in [0.4, 0.5) is 0 Å². The highest BCUT2D eigenvalue weighted by Gasteiger charge is 2.12. The Morgan fingerprint density at radius 3 is 3.00 bits per heavy atom. The van der Waals surface area contributed by atoms with Gasteiger partial charge in [-0.05, 0) is 18.2 Å². The minimum absolute atomic E-state index is 0.111. The van der Waals surface area contributed by atoms with E-state index < -0.39 is 6.10 Å². The number of amides is 1. The molecule has 1 aromatic rings. The molecule has 94 valence electrons. The largest absolute Gasteiger partial charge is 0.389 e. The van der Waals surface area contributed by atoms with Crippen molar-refractivity contribution < 1.29 is 14.6 Å². The molecule has 0 radical (unpaired) electrons. The first-order chi connectivity index (χ1) is 8.04. The topological polar surface area (TPSA) is 58.6 Å². The van der Waals surface area contributed by atoms with E-state index in [2.05, 4.69) is 17.9 Å². The van der Waals surface area contributed by atoms with Gasteiger partial charge in [0, 0.05) is 18.6 Å². The maximum absolute atomic E-state index is 11.7. The lowest BCUT2D eigenvalue weighted by Crippen LogP contribution is -2.34. The van der Waals surface area contributed by atoms with Gasteiger partial charge in [0.25, 0.3) is 5.91 Å². The molecule has 0 aliphatic rings. The maximum atomic E-state index is 11.7. The van der Waals surface area contributed by atoms with Crippen molar-refractivity contribution in [2.45, 2.75) is 11.0 Å². The van der Waals surface area contributed by atoms with Crippen LogP contribution in [0.3, 0.4) is 0 Å². The molecular formula is C11H14ClNO3S. The number of rotatable bonds is 5. The van der Waals surface area contributed by atoms with Crippen molar-refractivity contribution in [3.05, 3.63) is 28.8 Å². The standard InChI is InChI=1S/C11H14ClNO3S/c1-16-6-7(14)5-13-11(15)9-4-8(17)2-3-10(9)12/h2-4,7,14,17H,5-6H2,1H3,(H,13,15). The predicted octanol–water partition coefficient (Wildman–Crippen LogP) is 1.37. The van der Waals surface area contributed by atoms with E-state index in [-0.39, 0.29) is 19.1 Å². The maximum Gasteiger partial charge on any atom is 0.252 e. The van der Waals surface area contributed by atoms with Crippen LogP contribution in [0, 0.1) is 0 Å². The highest BCUT2D eigenvalue weighted by molar-refractivity contribution is 7.80. The Balaban J connectivity index is 2.61. The van der Waals surface area contributed by atoms with Crippen LogP contribution < -0.4 is 5.32 Å². The zero-order chi connectivity index (χ0) is 12.8. The second-order valence-corrected chi connectivity index (χ2v) is 4.41. The Morgan fingerprint density at radius 1 is 1.65 bits per heavy atom. The normalized spacial score (nSPS) is 12.2. The van der Waals surface area contributed by atoms with E-state index in [1.54, 1.807) is 18.2 Å². The number of carbonyl (C=O) groups excluding carboxylic acids is 1. The number of methoxy groups -OCH3 is 1. The number of nitrogens with one attached hydrogen (secondary N) is 1. The molecule has 0 heterocycles. The lowest BCUT2D eigenvalue weighted by molar-refractivity contribution is 0.0610. The molecule has 6 heteroatoms. The van der Waals surface area contributed by atoms with Crippen LogP contribution in [0.25, 0.3) is 0 Å². The molecule has 17 heavy (non-hydrogen) atoms. The number of hydrogen-bond acceptors (Lipinski definition) is 4. The van der Waals surface area contributed by atoms with Crippen LogP contribution in [0.5, 0.6) is 0 Å². The molecule has 0 bridgehead atoms. The molecule has 0 saturated carbocycles. The third-order valence-electron chi connectivity index (χ3n) is 2.05.